The van der Waals surface area contributed by atoms with E-state index in [1.807, 2.05) is 0 Å². The van der Waals surface area contributed by atoms with E-state index in [4.69, 9.17) is 9.84 Å². The van der Waals surface area contributed by atoms with E-state index in [2.05, 4.69) is 10.2 Å². The second-order valence-corrected chi connectivity index (χ2v) is 5.51. The quantitative estimate of drug-likeness (QED) is 0.359. The second-order valence-electron chi connectivity index (χ2n) is 5.51. The Hall–Kier alpha value is -2.36. The van der Waals surface area contributed by atoms with Gasteiger partial charge in [0, 0.05) is 12.4 Å². The van der Waals surface area contributed by atoms with E-state index in [9.17, 15) is 27.2 Å². The van der Waals surface area contributed by atoms with Gasteiger partial charge in [0.2, 0.25) is 0 Å². The fraction of sp³-hybridized carbons (Fsp3) is 0.500. The normalized spacial score (nSPS) is 10.0. The molecule has 9 nitrogen and oxygen atoms in total. The molecule has 0 saturated carbocycles. The van der Waals surface area contributed by atoms with Gasteiger partial charge in [-0.05, 0) is 20.8 Å². The Morgan fingerprint density at radius 2 is 1.40 bits per heavy atom. The second kappa shape index (κ2) is 13.8. The zero-order valence-electron chi connectivity index (χ0n) is 16.9. The van der Waals surface area contributed by atoms with Gasteiger partial charge in [0.25, 0.3) is 12.9 Å². The molecule has 164 valence electrons. The first kappa shape index (κ1) is 29.8. The average molecular weight is 432 g/mol. The summed E-state index contributed by atoms with van der Waals surface area (Å²) in [7, 11) is 0. The van der Waals surface area contributed by atoms with Crippen LogP contribution in [0, 0.1) is 13.8 Å². The van der Waals surface area contributed by atoms with Crippen LogP contribution >= 0.6 is 0 Å². The van der Waals surface area contributed by atoms with Crippen molar-refractivity contribution in [1.82, 2.24) is 19.6 Å². The van der Waals surface area contributed by atoms with Crippen molar-refractivity contribution < 1.29 is 61.3 Å². The molecule has 0 radical (unpaired) electrons. The maximum atomic E-state index is 12.0. The third-order valence-electron chi connectivity index (χ3n) is 3.27. The largest absolute Gasteiger partial charge is 1.00 e. The monoisotopic (exact) mass is 432 g/mol. The summed E-state index contributed by atoms with van der Waals surface area (Å²) in [5.41, 5.74) is 0.834. The molecule has 0 aromatic carbocycles. The molecule has 0 fully saturated rings. The molecule has 2 aromatic rings. The molecule has 0 aliphatic rings. The molecule has 0 bridgehead atoms. The van der Waals surface area contributed by atoms with E-state index in [1.54, 1.807) is 13.8 Å². The van der Waals surface area contributed by atoms with Gasteiger partial charge >= 0.3 is 30.8 Å². The molecule has 2 aromatic heterocycles. The van der Waals surface area contributed by atoms with Crippen LogP contribution in [0.4, 0.5) is 17.6 Å². The van der Waals surface area contributed by atoms with E-state index in [0.29, 0.717) is 5.69 Å². The molecule has 0 atom stereocenters. The van der Waals surface area contributed by atoms with Crippen LogP contribution < -0.4 is 18.9 Å². The number of aromatic nitrogens is 4. The summed E-state index contributed by atoms with van der Waals surface area (Å²) in [5, 5.41) is 16.0. The van der Waals surface area contributed by atoms with Crippen molar-refractivity contribution in [2.24, 2.45) is 0 Å². The number of nitrogens with zero attached hydrogens (tertiary/aromatic N) is 4. The van der Waals surface area contributed by atoms with Gasteiger partial charge in [0.15, 0.2) is 0 Å². The Labute approximate surface area is 181 Å². The number of carboxylic acids is 1. The number of halogens is 4. The van der Waals surface area contributed by atoms with Gasteiger partial charge in [0.05, 0.1) is 18.0 Å². The van der Waals surface area contributed by atoms with E-state index in [0.717, 1.165) is 15.6 Å². The number of hydrogen-bond donors (Lipinski definition) is 1. The number of rotatable bonds is 7. The topological polar surface area (TPSA) is 129 Å². The first-order chi connectivity index (χ1) is 13.0. The van der Waals surface area contributed by atoms with Crippen molar-refractivity contribution >= 4 is 11.9 Å². The minimum atomic E-state index is -2.53. The Bertz CT molecular complexity index is 814. The summed E-state index contributed by atoms with van der Waals surface area (Å²) in [6, 6.07) is 0. The fourth-order valence-corrected chi connectivity index (χ4v) is 2.12. The van der Waals surface area contributed by atoms with Gasteiger partial charge in [-0.2, -0.15) is 10.2 Å². The maximum absolute atomic E-state index is 12.0. The SMILES string of the molecule is CCOC(=O)c1cn(CC(F)F)nc1C.Cc1nn(CC(F)F)cc1C(=O)O.[Li+].[OH-]. The number of ether oxygens (including phenoxy) is 1. The van der Waals surface area contributed by atoms with Gasteiger partial charge in [-0.15, -0.1) is 0 Å². The van der Waals surface area contributed by atoms with E-state index in [-0.39, 0.29) is 47.8 Å². The van der Waals surface area contributed by atoms with Crippen LogP contribution in [0.5, 0.6) is 0 Å². The zero-order valence-corrected chi connectivity index (χ0v) is 16.9. The molecule has 14 heteroatoms. The molecule has 0 aliphatic heterocycles. The van der Waals surface area contributed by atoms with Crippen LogP contribution in [0.15, 0.2) is 12.4 Å². The average Bonchev–Trinajstić information content (AvgIpc) is 3.09. The van der Waals surface area contributed by atoms with Crippen LogP contribution in [0.25, 0.3) is 0 Å². The zero-order chi connectivity index (χ0) is 21.4. The van der Waals surface area contributed by atoms with Crippen LogP contribution in [-0.4, -0.2) is 61.5 Å². The van der Waals surface area contributed by atoms with Crippen molar-refractivity contribution in [2.45, 2.75) is 46.7 Å². The van der Waals surface area contributed by atoms with Crippen molar-refractivity contribution in [3.8, 4) is 0 Å². The molecule has 2 rings (SSSR count). The molecule has 0 saturated heterocycles. The molecular weight excluding hydrogens is 411 g/mol. The summed E-state index contributed by atoms with van der Waals surface area (Å²) < 4.78 is 54.5. The maximum Gasteiger partial charge on any atom is 1.00 e. The molecular formula is C16H21F4LiN4O5. The number of aryl methyl sites for hydroxylation is 2. The molecule has 0 amide bonds. The van der Waals surface area contributed by atoms with Gasteiger partial charge in [0.1, 0.15) is 24.2 Å². The predicted molar refractivity (Wildman–Crippen MR) is 90.8 cm³/mol. The predicted octanol–water partition coefficient (Wildman–Crippen LogP) is -0.385. The van der Waals surface area contributed by atoms with Gasteiger partial charge in [-0.25, -0.2) is 27.2 Å². The number of carbonyl (C=O) groups excluding carboxylic acids is 1. The number of alkyl halides is 4. The van der Waals surface area contributed by atoms with Crippen LogP contribution in [0.2, 0.25) is 0 Å². The van der Waals surface area contributed by atoms with Gasteiger partial charge < -0.3 is 15.3 Å². The van der Waals surface area contributed by atoms with Crippen LogP contribution in [-0.2, 0) is 17.8 Å². The summed E-state index contributed by atoms with van der Waals surface area (Å²) in [4.78, 5) is 21.8. The van der Waals surface area contributed by atoms with E-state index < -0.39 is 37.9 Å². The molecule has 2 heterocycles. The van der Waals surface area contributed by atoms with Crippen molar-refractivity contribution in [3.05, 3.63) is 34.9 Å². The summed E-state index contributed by atoms with van der Waals surface area (Å²) in [5.74, 6) is -1.69. The summed E-state index contributed by atoms with van der Waals surface area (Å²) in [6.45, 7) is 3.88. The van der Waals surface area contributed by atoms with Crippen molar-refractivity contribution in [3.63, 3.8) is 0 Å². The standard InChI is InChI=1S/C9H12F2N2O2.C7H8F2N2O2.Li.H2O/c1-3-15-9(14)7-4-13(5-8(10)11)12-6(7)2;1-4-5(7(12)13)2-11(10-4)3-6(8)9;;/h4,8H,3,5H2,1-2H3;2,6H,3H2,1H3,(H,12,13);;1H2/q;;+1;/p-1. The van der Waals surface area contributed by atoms with Crippen molar-refractivity contribution in [2.75, 3.05) is 6.61 Å². The number of esters is 1. The third-order valence-corrected chi connectivity index (χ3v) is 3.27. The Morgan fingerprint density at radius 1 is 1.00 bits per heavy atom. The van der Waals surface area contributed by atoms with Crippen LogP contribution in [0.3, 0.4) is 0 Å². The molecule has 30 heavy (non-hydrogen) atoms. The van der Waals surface area contributed by atoms with E-state index in [1.165, 1.54) is 13.1 Å². The molecule has 0 unspecified atom stereocenters. The molecule has 2 N–H and O–H groups in total. The third kappa shape index (κ3) is 9.42. The number of carbonyl (C=O) groups is 2. The minimum Gasteiger partial charge on any atom is -0.870 e. The number of hydrogen-bond acceptors (Lipinski definition) is 6. The van der Waals surface area contributed by atoms with E-state index >= 15 is 0 Å². The number of aromatic carboxylic acids is 1. The Balaban J connectivity index is 0. The van der Waals surface area contributed by atoms with Crippen LogP contribution in [0.1, 0.15) is 39.0 Å². The minimum absolute atomic E-state index is 0. The molecule has 0 spiro atoms. The smallest absolute Gasteiger partial charge is 0.870 e. The molecule has 0 aliphatic carbocycles. The Kier molecular flexibility index (Phi) is 13.7. The van der Waals surface area contributed by atoms with Gasteiger partial charge in [-0.1, -0.05) is 0 Å². The first-order valence-corrected chi connectivity index (χ1v) is 8.09. The Morgan fingerprint density at radius 3 is 1.73 bits per heavy atom. The number of carboxylic acid groups (broad SMARTS) is 1. The summed E-state index contributed by atoms with van der Waals surface area (Å²) >= 11 is 0. The van der Waals surface area contributed by atoms with Gasteiger partial charge in [-0.3, -0.25) is 9.36 Å². The first-order valence-electron chi connectivity index (χ1n) is 8.09. The summed E-state index contributed by atoms with van der Waals surface area (Å²) in [6.07, 6.45) is -2.64. The fourth-order valence-electron chi connectivity index (χ4n) is 2.12. The van der Waals surface area contributed by atoms with Crippen molar-refractivity contribution in [1.29, 1.82) is 0 Å².